The molecule has 12 heteroatoms. The van der Waals surface area contributed by atoms with Crippen LogP contribution in [0.2, 0.25) is 0 Å². The maximum Gasteiger partial charge on any atom is 0.417 e. The van der Waals surface area contributed by atoms with E-state index in [-0.39, 0.29) is 0 Å². The number of hydrogen-bond acceptors (Lipinski definition) is 7. The molecule has 0 amide bonds. The fourth-order valence-electron chi connectivity index (χ4n) is 1.65. The molecule has 0 aromatic carbocycles. The third-order valence-electron chi connectivity index (χ3n) is 3.04. The van der Waals surface area contributed by atoms with Crippen LogP contribution in [0.3, 0.4) is 0 Å². The molecule has 0 saturated heterocycles. The Morgan fingerprint density at radius 3 is 2.46 bits per heavy atom. The lowest BCUT2D eigenvalue weighted by molar-refractivity contribution is -0.137. The molecular formula is C14H10F3N3O3S3. The number of hydrogen-bond donors (Lipinski definition) is 0. The third-order valence-corrected chi connectivity index (χ3v) is 7.08. The van der Waals surface area contributed by atoms with Crippen molar-refractivity contribution < 1.29 is 25.8 Å². The van der Waals surface area contributed by atoms with Crippen molar-refractivity contribution in [3.05, 3.63) is 51.8 Å². The summed E-state index contributed by atoms with van der Waals surface area (Å²) in [6.07, 6.45) is -2.42. The smallest absolute Gasteiger partial charge is 0.245 e. The number of allylic oxidation sites excluding steroid dienone is 1. The number of alkyl halides is 3. The highest BCUT2D eigenvalue weighted by molar-refractivity contribution is 7.95. The van der Waals surface area contributed by atoms with Crippen LogP contribution >= 0.6 is 11.3 Å². The number of sulfone groups is 1. The second-order valence-corrected chi connectivity index (χ2v) is 9.79. The molecule has 0 saturated carbocycles. The van der Waals surface area contributed by atoms with E-state index >= 15 is 0 Å². The van der Waals surface area contributed by atoms with E-state index in [2.05, 4.69) is 9.35 Å². The lowest BCUT2D eigenvalue weighted by atomic mass is 10.3. The molecule has 6 nitrogen and oxygen atoms in total. The average Bonchev–Trinajstić information content (AvgIpc) is 3.10. The first kappa shape index (κ1) is 20.1. The minimum absolute atomic E-state index is 0.355. The maximum absolute atomic E-state index is 12.5. The van der Waals surface area contributed by atoms with Gasteiger partial charge in [-0.05, 0) is 23.6 Å². The van der Waals surface area contributed by atoms with Crippen molar-refractivity contribution in [1.29, 1.82) is 5.26 Å². The molecule has 1 unspecified atom stereocenters. The topological polar surface area (TPSA) is 100 Å². The Kier molecular flexibility index (Phi) is 5.55. The molecule has 2 aromatic rings. The molecule has 0 radical (unpaired) electrons. The summed E-state index contributed by atoms with van der Waals surface area (Å²) >= 11 is 1.27. The summed E-state index contributed by atoms with van der Waals surface area (Å²) in [4.78, 5) is 2.75. The fraction of sp³-hybridized carbons (Fsp3) is 0.143. The van der Waals surface area contributed by atoms with Crippen molar-refractivity contribution in [2.75, 3.05) is 6.26 Å². The van der Waals surface area contributed by atoms with Crippen molar-refractivity contribution in [3.8, 4) is 6.07 Å². The highest BCUT2D eigenvalue weighted by Crippen LogP contribution is 2.29. The molecular weight excluding hydrogens is 411 g/mol. The maximum atomic E-state index is 12.5. The summed E-state index contributed by atoms with van der Waals surface area (Å²) in [7, 11) is -7.47. The van der Waals surface area contributed by atoms with E-state index in [9.17, 15) is 25.8 Å². The molecule has 0 spiro atoms. The van der Waals surface area contributed by atoms with Crippen molar-refractivity contribution in [1.82, 2.24) is 4.98 Å². The van der Waals surface area contributed by atoms with Crippen LogP contribution in [0.5, 0.6) is 0 Å². The minimum Gasteiger partial charge on any atom is -0.245 e. The average molecular weight is 421 g/mol. The van der Waals surface area contributed by atoms with E-state index in [4.69, 9.17) is 5.26 Å². The Bertz CT molecular complexity index is 1090. The summed E-state index contributed by atoms with van der Waals surface area (Å²) in [5, 5.41) is 11.6. The van der Waals surface area contributed by atoms with Gasteiger partial charge in [0.15, 0.2) is 9.93 Å². The van der Waals surface area contributed by atoms with Gasteiger partial charge in [-0.1, -0.05) is 0 Å². The van der Waals surface area contributed by atoms with E-state index in [0.29, 0.717) is 29.4 Å². The van der Waals surface area contributed by atoms with Gasteiger partial charge in [-0.2, -0.15) is 29.8 Å². The third kappa shape index (κ3) is 4.29. The van der Waals surface area contributed by atoms with E-state index < -0.39 is 41.2 Å². The van der Waals surface area contributed by atoms with Gasteiger partial charge in [0.1, 0.15) is 6.07 Å². The van der Waals surface area contributed by atoms with Gasteiger partial charge in [0.25, 0.3) is 0 Å². The van der Waals surface area contributed by atoms with Crippen LogP contribution < -0.4 is 0 Å². The number of rotatable bonds is 4. The lowest BCUT2D eigenvalue weighted by Crippen LogP contribution is -2.09. The van der Waals surface area contributed by atoms with Gasteiger partial charge in [0.2, 0.25) is 9.84 Å². The monoisotopic (exact) mass is 421 g/mol. The molecule has 138 valence electrons. The molecule has 0 fully saturated rings. The zero-order valence-electron chi connectivity index (χ0n) is 13.0. The van der Waals surface area contributed by atoms with Crippen LogP contribution in [0.15, 0.2) is 60.5 Å². The van der Waals surface area contributed by atoms with Crippen molar-refractivity contribution >= 4 is 30.9 Å². The van der Waals surface area contributed by atoms with Gasteiger partial charge in [-0.15, -0.1) is 0 Å². The number of halogens is 3. The quantitative estimate of drug-likeness (QED) is 0.704. The van der Waals surface area contributed by atoms with Gasteiger partial charge in [-0.25, -0.2) is 22.0 Å². The van der Waals surface area contributed by atoms with E-state index in [0.717, 1.165) is 0 Å². The molecule has 0 aliphatic rings. The van der Waals surface area contributed by atoms with E-state index in [1.807, 2.05) is 0 Å². The molecule has 2 aromatic heterocycles. The van der Waals surface area contributed by atoms with Crippen LogP contribution in [-0.2, 0) is 25.7 Å². The SMILES string of the molecule is CS(=O)(=N/C=C(/C#N)S(=O)(=O)c1ccc(C(F)(F)F)cn1)c1ccsc1. The van der Waals surface area contributed by atoms with Crippen molar-refractivity contribution in [2.24, 2.45) is 4.36 Å². The summed E-state index contributed by atoms with van der Waals surface area (Å²) < 4.78 is 78.4. The van der Waals surface area contributed by atoms with Crippen LogP contribution in [0.4, 0.5) is 13.2 Å². The number of thiophene rings is 1. The van der Waals surface area contributed by atoms with Crippen molar-refractivity contribution in [2.45, 2.75) is 16.1 Å². The first-order chi connectivity index (χ1) is 12.0. The van der Waals surface area contributed by atoms with Crippen LogP contribution in [0, 0.1) is 11.3 Å². The number of pyridine rings is 1. The lowest BCUT2D eigenvalue weighted by Gasteiger charge is -2.07. The zero-order valence-corrected chi connectivity index (χ0v) is 15.4. The van der Waals surface area contributed by atoms with Crippen LogP contribution in [0.1, 0.15) is 5.56 Å². The first-order valence-electron chi connectivity index (χ1n) is 6.60. The fourth-order valence-corrected chi connectivity index (χ4v) is 4.93. The molecule has 0 N–H and O–H groups in total. The normalized spacial score (nSPS) is 15.1. The minimum atomic E-state index is -4.67. The van der Waals surface area contributed by atoms with Gasteiger partial charge < -0.3 is 0 Å². The summed E-state index contributed by atoms with van der Waals surface area (Å²) in [6.45, 7) is 0. The number of nitrogens with zero attached hydrogens (tertiary/aromatic N) is 3. The highest BCUT2D eigenvalue weighted by Gasteiger charge is 2.32. The Morgan fingerprint density at radius 2 is 2.00 bits per heavy atom. The molecule has 0 aliphatic carbocycles. The molecule has 0 aliphatic heterocycles. The van der Waals surface area contributed by atoms with E-state index in [1.165, 1.54) is 23.7 Å². The molecule has 26 heavy (non-hydrogen) atoms. The van der Waals surface area contributed by atoms with Crippen LogP contribution in [-0.4, -0.2) is 23.9 Å². The highest BCUT2D eigenvalue weighted by atomic mass is 32.2. The Labute approximate surface area is 151 Å². The largest absolute Gasteiger partial charge is 0.417 e. The van der Waals surface area contributed by atoms with Gasteiger partial charge >= 0.3 is 6.18 Å². The van der Waals surface area contributed by atoms with Gasteiger partial charge in [-0.3, -0.25) is 0 Å². The zero-order chi connectivity index (χ0) is 19.6. The molecule has 2 heterocycles. The summed E-state index contributed by atoms with van der Waals surface area (Å²) in [6, 6.07) is 4.13. The van der Waals surface area contributed by atoms with Gasteiger partial charge in [0.05, 0.1) is 26.4 Å². The standard InChI is InChI=1S/C14H10F3N3O3S3/c1-25(21,11-4-5-24-9-11)20-8-12(6-18)26(22,23)13-3-2-10(7-19-13)14(15,16)17/h2-5,7-9H,1H3/b12-8-. The second-order valence-electron chi connectivity index (χ2n) is 4.86. The first-order valence-corrected chi connectivity index (χ1v) is 11.0. The number of aromatic nitrogens is 1. The predicted octanol–water partition coefficient (Wildman–Crippen LogP) is 3.46. The Balaban J connectivity index is 2.46. The molecule has 0 bridgehead atoms. The van der Waals surface area contributed by atoms with E-state index in [1.54, 1.807) is 16.8 Å². The Hall–Kier alpha value is -2.23. The molecule has 1 atom stereocenters. The van der Waals surface area contributed by atoms with Crippen LogP contribution in [0.25, 0.3) is 0 Å². The Morgan fingerprint density at radius 1 is 1.31 bits per heavy atom. The summed E-state index contributed by atoms with van der Waals surface area (Å²) in [5.41, 5.74) is -1.13. The second kappa shape index (κ2) is 7.18. The summed E-state index contributed by atoms with van der Waals surface area (Å²) in [5.74, 6) is 0. The van der Waals surface area contributed by atoms with Gasteiger partial charge in [0, 0.05) is 17.8 Å². The number of nitriles is 1. The van der Waals surface area contributed by atoms with Crippen molar-refractivity contribution in [3.63, 3.8) is 0 Å². The molecule has 2 rings (SSSR count). The predicted molar refractivity (Wildman–Crippen MR) is 89.2 cm³/mol.